The number of nitriles is 1. The van der Waals surface area contributed by atoms with Crippen LogP contribution in [0.2, 0.25) is 0 Å². The van der Waals surface area contributed by atoms with Crippen LogP contribution < -0.4 is 5.32 Å². The zero-order chi connectivity index (χ0) is 15.3. The number of hydrogen-bond acceptors (Lipinski definition) is 4. The standard InChI is InChI=1S/C15H21N3O2S/c1-2-18(12-14-7-3-4-9-17-14)21(19,20)15-8-5-6-13(10-15)11-16/h5-6,8,10,14,17H,2-4,7,9,12H2,1H3. The van der Waals surface area contributed by atoms with E-state index in [4.69, 9.17) is 5.26 Å². The van der Waals surface area contributed by atoms with Crippen LogP contribution in [-0.4, -0.2) is 38.4 Å². The molecule has 1 atom stereocenters. The summed E-state index contributed by atoms with van der Waals surface area (Å²) in [7, 11) is -3.54. The third-order valence-electron chi connectivity index (χ3n) is 3.79. The highest BCUT2D eigenvalue weighted by Gasteiger charge is 2.26. The highest BCUT2D eigenvalue weighted by atomic mass is 32.2. The summed E-state index contributed by atoms with van der Waals surface area (Å²) in [5, 5.41) is 12.3. The Hall–Kier alpha value is -1.42. The van der Waals surface area contributed by atoms with Gasteiger partial charge in [-0.15, -0.1) is 0 Å². The quantitative estimate of drug-likeness (QED) is 0.899. The van der Waals surface area contributed by atoms with Gasteiger partial charge in [0.05, 0.1) is 16.5 Å². The largest absolute Gasteiger partial charge is 0.313 e. The fourth-order valence-electron chi connectivity index (χ4n) is 2.60. The van der Waals surface area contributed by atoms with Crippen LogP contribution in [0.4, 0.5) is 0 Å². The summed E-state index contributed by atoms with van der Waals surface area (Å²) in [5.41, 5.74) is 0.364. The Morgan fingerprint density at radius 2 is 2.24 bits per heavy atom. The Morgan fingerprint density at radius 3 is 2.86 bits per heavy atom. The molecule has 0 bridgehead atoms. The number of likely N-dealkylation sites (N-methyl/N-ethyl adjacent to an activating group) is 1. The molecule has 1 unspecified atom stereocenters. The maximum absolute atomic E-state index is 12.7. The van der Waals surface area contributed by atoms with E-state index in [0.29, 0.717) is 18.7 Å². The maximum atomic E-state index is 12.7. The lowest BCUT2D eigenvalue weighted by molar-refractivity contribution is 0.319. The maximum Gasteiger partial charge on any atom is 0.243 e. The van der Waals surface area contributed by atoms with Gasteiger partial charge in [0.1, 0.15) is 0 Å². The number of hydrogen-bond donors (Lipinski definition) is 1. The van der Waals surface area contributed by atoms with Gasteiger partial charge < -0.3 is 5.32 Å². The zero-order valence-corrected chi connectivity index (χ0v) is 13.1. The van der Waals surface area contributed by atoms with E-state index >= 15 is 0 Å². The van der Waals surface area contributed by atoms with E-state index in [1.807, 2.05) is 13.0 Å². The SMILES string of the molecule is CCN(CC1CCCCN1)S(=O)(=O)c1cccc(C#N)c1. The molecule has 0 aromatic heterocycles. The van der Waals surface area contributed by atoms with Crippen molar-refractivity contribution in [1.29, 1.82) is 5.26 Å². The second-order valence-corrected chi connectivity index (χ2v) is 7.18. The summed E-state index contributed by atoms with van der Waals surface area (Å²) in [6.07, 6.45) is 3.29. The average molecular weight is 307 g/mol. The van der Waals surface area contributed by atoms with E-state index in [1.165, 1.54) is 10.4 Å². The van der Waals surface area contributed by atoms with Crippen molar-refractivity contribution in [2.75, 3.05) is 19.6 Å². The van der Waals surface area contributed by atoms with Crippen LogP contribution in [0.3, 0.4) is 0 Å². The Morgan fingerprint density at radius 1 is 1.43 bits per heavy atom. The van der Waals surface area contributed by atoms with Gasteiger partial charge in [-0.2, -0.15) is 9.57 Å². The Kier molecular flexibility index (Phi) is 5.34. The van der Waals surface area contributed by atoms with Crippen LogP contribution in [0, 0.1) is 11.3 Å². The van der Waals surface area contributed by atoms with Crippen molar-refractivity contribution in [3.63, 3.8) is 0 Å². The average Bonchev–Trinajstić information content (AvgIpc) is 2.53. The summed E-state index contributed by atoms with van der Waals surface area (Å²) in [4.78, 5) is 0.194. The van der Waals surface area contributed by atoms with E-state index < -0.39 is 10.0 Å². The summed E-state index contributed by atoms with van der Waals surface area (Å²) in [6, 6.07) is 8.40. The first kappa shape index (κ1) is 16.0. The number of sulfonamides is 1. The van der Waals surface area contributed by atoms with Gasteiger partial charge in [0.15, 0.2) is 0 Å². The molecule has 0 amide bonds. The molecule has 1 aromatic rings. The van der Waals surface area contributed by atoms with Crippen LogP contribution in [-0.2, 0) is 10.0 Å². The molecule has 1 aliphatic heterocycles. The molecule has 0 aliphatic carbocycles. The normalized spacial score (nSPS) is 19.4. The Labute approximate surface area is 126 Å². The molecule has 1 fully saturated rings. The van der Waals surface area contributed by atoms with Crippen LogP contribution in [0.1, 0.15) is 31.7 Å². The first-order valence-corrected chi connectivity index (χ1v) is 8.75. The van der Waals surface area contributed by atoms with Gasteiger partial charge in [-0.05, 0) is 37.6 Å². The molecule has 1 saturated heterocycles. The van der Waals surface area contributed by atoms with Gasteiger partial charge in [0.2, 0.25) is 10.0 Å². The van der Waals surface area contributed by atoms with Gasteiger partial charge in [0, 0.05) is 19.1 Å². The molecule has 6 heteroatoms. The minimum Gasteiger partial charge on any atom is -0.313 e. The topological polar surface area (TPSA) is 73.2 Å². The first-order chi connectivity index (χ1) is 10.1. The van der Waals surface area contributed by atoms with Gasteiger partial charge >= 0.3 is 0 Å². The van der Waals surface area contributed by atoms with Gasteiger partial charge in [-0.1, -0.05) is 19.4 Å². The van der Waals surface area contributed by atoms with E-state index in [0.717, 1.165) is 25.8 Å². The molecule has 0 spiro atoms. The molecule has 1 aliphatic rings. The first-order valence-electron chi connectivity index (χ1n) is 7.31. The van der Waals surface area contributed by atoms with E-state index in [9.17, 15) is 8.42 Å². The van der Waals surface area contributed by atoms with Crippen LogP contribution in [0.5, 0.6) is 0 Å². The molecular formula is C15H21N3O2S. The fraction of sp³-hybridized carbons (Fsp3) is 0.533. The molecule has 2 rings (SSSR count). The number of nitrogens with one attached hydrogen (secondary N) is 1. The molecule has 1 heterocycles. The minimum atomic E-state index is -3.54. The van der Waals surface area contributed by atoms with Crippen molar-refractivity contribution in [3.8, 4) is 6.07 Å². The highest BCUT2D eigenvalue weighted by molar-refractivity contribution is 7.89. The van der Waals surface area contributed by atoms with Crippen molar-refractivity contribution in [1.82, 2.24) is 9.62 Å². The molecule has 1 N–H and O–H groups in total. The second kappa shape index (κ2) is 7.03. The molecule has 5 nitrogen and oxygen atoms in total. The molecule has 0 saturated carbocycles. The molecule has 21 heavy (non-hydrogen) atoms. The second-order valence-electron chi connectivity index (χ2n) is 5.24. The summed E-state index contributed by atoms with van der Waals surface area (Å²) < 4.78 is 26.9. The van der Waals surface area contributed by atoms with Crippen molar-refractivity contribution < 1.29 is 8.42 Å². The molecule has 1 aromatic carbocycles. The van der Waals surface area contributed by atoms with Gasteiger partial charge in [0.25, 0.3) is 0 Å². The number of piperidine rings is 1. The zero-order valence-electron chi connectivity index (χ0n) is 12.2. The van der Waals surface area contributed by atoms with Crippen molar-refractivity contribution in [2.45, 2.75) is 37.1 Å². The van der Waals surface area contributed by atoms with Gasteiger partial charge in [-0.25, -0.2) is 8.42 Å². The third kappa shape index (κ3) is 3.82. The number of rotatable bonds is 5. The van der Waals surface area contributed by atoms with E-state index in [-0.39, 0.29) is 10.9 Å². The van der Waals surface area contributed by atoms with Crippen LogP contribution >= 0.6 is 0 Å². The summed E-state index contributed by atoms with van der Waals surface area (Å²) in [5.74, 6) is 0. The predicted molar refractivity (Wildman–Crippen MR) is 81.2 cm³/mol. The minimum absolute atomic E-state index is 0.194. The monoisotopic (exact) mass is 307 g/mol. The van der Waals surface area contributed by atoms with Crippen molar-refractivity contribution in [2.24, 2.45) is 0 Å². The van der Waals surface area contributed by atoms with E-state index in [2.05, 4.69) is 5.32 Å². The van der Waals surface area contributed by atoms with Gasteiger partial charge in [-0.3, -0.25) is 0 Å². The molecule has 0 radical (unpaired) electrons. The van der Waals surface area contributed by atoms with E-state index in [1.54, 1.807) is 18.2 Å². The lowest BCUT2D eigenvalue weighted by atomic mass is 10.1. The van der Waals surface area contributed by atoms with Crippen LogP contribution in [0.25, 0.3) is 0 Å². The Bertz CT molecular complexity index is 616. The smallest absolute Gasteiger partial charge is 0.243 e. The summed E-state index contributed by atoms with van der Waals surface area (Å²) in [6.45, 7) is 3.70. The highest BCUT2D eigenvalue weighted by Crippen LogP contribution is 2.18. The van der Waals surface area contributed by atoms with Crippen LogP contribution in [0.15, 0.2) is 29.2 Å². The fourth-order valence-corrected chi connectivity index (χ4v) is 4.14. The number of nitrogens with zero attached hydrogens (tertiary/aromatic N) is 2. The lowest BCUT2D eigenvalue weighted by Gasteiger charge is -2.29. The third-order valence-corrected chi connectivity index (χ3v) is 5.73. The lowest BCUT2D eigenvalue weighted by Crippen LogP contribution is -2.45. The van der Waals surface area contributed by atoms with Crippen molar-refractivity contribution >= 4 is 10.0 Å². The molecule has 114 valence electrons. The van der Waals surface area contributed by atoms with Crippen molar-refractivity contribution in [3.05, 3.63) is 29.8 Å². The Balaban J connectivity index is 2.20. The summed E-state index contributed by atoms with van der Waals surface area (Å²) >= 11 is 0. The predicted octanol–water partition coefficient (Wildman–Crippen LogP) is 1.71. The molecular weight excluding hydrogens is 286 g/mol. The number of benzene rings is 1.